The molecule has 0 spiro atoms. The molecule has 4 heterocycles. The van der Waals surface area contributed by atoms with Gasteiger partial charge in [-0.25, -0.2) is 9.97 Å². The van der Waals surface area contributed by atoms with E-state index in [2.05, 4.69) is 44.2 Å². The standard InChI is InChI=1S/C19H29N7O2/c1-12(2)17-14(5-4-9-28-17)22-16-6-7-20-19(23-16)26-8-10-27-15(11-26)18-21-13(3)24-25-18/h6-7,12,14-15,17H,4-5,8-11H2,1-3H3,(H,20,22,23)(H,21,24,25)/t14-,15-,17+/m0/s1. The van der Waals surface area contributed by atoms with E-state index in [1.54, 1.807) is 6.20 Å². The molecule has 0 bridgehead atoms. The van der Waals surface area contributed by atoms with E-state index in [0.29, 0.717) is 30.8 Å². The molecule has 2 aromatic rings. The summed E-state index contributed by atoms with van der Waals surface area (Å²) in [5, 5.41) is 10.7. The van der Waals surface area contributed by atoms with Gasteiger partial charge in [-0.1, -0.05) is 13.8 Å². The Balaban J connectivity index is 1.45. The topological polar surface area (TPSA) is 101 Å². The van der Waals surface area contributed by atoms with Gasteiger partial charge in [-0.3, -0.25) is 5.10 Å². The third-order valence-electron chi connectivity index (χ3n) is 5.25. The lowest BCUT2D eigenvalue weighted by molar-refractivity contribution is -0.0203. The van der Waals surface area contributed by atoms with Crippen molar-refractivity contribution >= 4 is 11.8 Å². The molecular weight excluding hydrogens is 358 g/mol. The van der Waals surface area contributed by atoms with Gasteiger partial charge in [-0.05, 0) is 31.7 Å². The Bertz CT molecular complexity index is 781. The fourth-order valence-corrected chi connectivity index (χ4v) is 3.88. The zero-order valence-corrected chi connectivity index (χ0v) is 16.8. The first kappa shape index (κ1) is 19.1. The molecule has 2 fully saturated rings. The summed E-state index contributed by atoms with van der Waals surface area (Å²) in [7, 11) is 0. The summed E-state index contributed by atoms with van der Waals surface area (Å²) in [6.07, 6.45) is 3.98. The summed E-state index contributed by atoms with van der Waals surface area (Å²) in [6.45, 7) is 9.09. The van der Waals surface area contributed by atoms with Crippen molar-refractivity contribution in [3.05, 3.63) is 23.9 Å². The smallest absolute Gasteiger partial charge is 0.227 e. The SMILES string of the molecule is Cc1nc([C@@H]2CN(c3nccc(N[C@H]4CCCO[C@@H]4C(C)C)n3)CCO2)n[nH]1. The van der Waals surface area contributed by atoms with Gasteiger partial charge in [0.2, 0.25) is 5.95 Å². The van der Waals surface area contributed by atoms with Gasteiger partial charge in [0.25, 0.3) is 0 Å². The van der Waals surface area contributed by atoms with E-state index in [1.807, 2.05) is 13.0 Å². The first-order chi connectivity index (χ1) is 13.6. The number of hydrogen-bond donors (Lipinski definition) is 2. The minimum atomic E-state index is -0.184. The van der Waals surface area contributed by atoms with E-state index in [0.717, 1.165) is 37.6 Å². The third-order valence-corrected chi connectivity index (χ3v) is 5.25. The van der Waals surface area contributed by atoms with Crippen LogP contribution in [0, 0.1) is 12.8 Å². The fraction of sp³-hybridized carbons (Fsp3) is 0.684. The Morgan fingerprint density at radius 1 is 1.25 bits per heavy atom. The molecule has 2 aliphatic heterocycles. The van der Waals surface area contributed by atoms with E-state index in [9.17, 15) is 0 Å². The van der Waals surface area contributed by atoms with Gasteiger partial charge in [-0.2, -0.15) is 10.1 Å². The molecule has 0 saturated carbocycles. The molecule has 3 atom stereocenters. The molecule has 2 saturated heterocycles. The second-order valence-electron chi connectivity index (χ2n) is 7.80. The first-order valence-electron chi connectivity index (χ1n) is 10.1. The number of hydrogen-bond acceptors (Lipinski definition) is 8. The van der Waals surface area contributed by atoms with Crippen LogP contribution in [0.4, 0.5) is 11.8 Å². The number of nitrogens with zero attached hydrogens (tertiary/aromatic N) is 5. The van der Waals surface area contributed by atoms with Crippen LogP contribution >= 0.6 is 0 Å². The number of rotatable bonds is 5. The summed E-state index contributed by atoms with van der Waals surface area (Å²) in [6, 6.07) is 2.19. The zero-order chi connectivity index (χ0) is 19.5. The molecular formula is C19H29N7O2. The lowest BCUT2D eigenvalue weighted by Gasteiger charge is -2.35. The quantitative estimate of drug-likeness (QED) is 0.804. The molecule has 2 aromatic heterocycles. The van der Waals surface area contributed by atoms with Gasteiger partial charge in [0.15, 0.2) is 5.82 Å². The minimum absolute atomic E-state index is 0.184. The summed E-state index contributed by atoms with van der Waals surface area (Å²) < 4.78 is 11.8. The number of ether oxygens (including phenoxy) is 2. The van der Waals surface area contributed by atoms with Crippen molar-refractivity contribution in [3.8, 4) is 0 Å². The molecule has 152 valence electrons. The number of H-pyrrole nitrogens is 1. The van der Waals surface area contributed by atoms with Crippen molar-refractivity contribution in [2.24, 2.45) is 5.92 Å². The highest BCUT2D eigenvalue weighted by Crippen LogP contribution is 2.25. The largest absolute Gasteiger partial charge is 0.376 e. The summed E-state index contributed by atoms with van der Waals surface area (Å²) in [4.78, 5) is 15.8. The van der Waals surface area contributed by atoms with Crippen LogP contribution < -0.4 is 10.2 Å². The van der Waals surface area contributed by atoms with Gasteiger partial charge in [0.05, 0.1) is 25.3 Å². The van der Waals surface area contributed by atoms with Crippen molar-refractivity contribution in [2.45, 2.75) is 51.9 Å². The molecule has 0 aromatic carbocycles. The summed E-state index contributed by atoms with van der Waals surface area (Å²) >= 11 is 0. The van der Waals surface area contributed by atoms with Gasteiger partial charge in [-0.15, -0.1) is 0 Å². The number of nitrogens with one attached hydrogen (secondary N) is 2. The van der Waals surface area contributed by atoms with Gasteiger partial charge in [0.1, 0.15) is 17.7 Å². The molecule has 0 unspecified atom stereocenters. The summed E-state index contributed by atoms with van der Waals surface area (Å²) in [5.74, 6) is 3.46. The number of anilines is 2. The summed E-state index contributed by atoms with van der Waals surface area (Å²) in [5.41, 5.74) is 0. The van der Waals surface area contributed by atoms with Crippen LogP contribution in [-0.2, 0) is 9.47 Å². The Labute approximate surface area is 165 Å². The van der Waals surface area contributed by atoms with Crippen molar-refractivity contribution in [1.82, 2.24) is 25.1 Å². The van der Waals surface area contributed by atoms with Crippen molar-refractivity contribution in [1.29, 1.82) is 0 Å². The van der Waals surface area contributed by atoms with Crippen LogP contribution in [0.15, 0.2) is 12.3 Å². The average Bonchev–Trinajstić information content (AvgIpc) is 3.15. The van der Waals surface area contributed by atoms with E-state index >= 15 is 0 Å². The Morgan fingerprint density at radius 2 is 2.14 bits per heavy atom. The average molecular weight is 387 g/mol. The lowest BCUT2D eigenvalue weighted by Crippen LogP contribution is -2.43. The minimum Gasteiger partial charge on any atom is -0.376 e. The Hall–Kier alpha value is -2.26. The number of morpholine rings is 1. The van der Waals surface area contributed by atoms with E-state index in [4.69, 9.17) is 14.5 Å². The molecule has 9 heteroatoms. The second-order valence-corrected chi connectivity index (χ2v) is 7.80. The van der Waals surface area contributed by atoms with Crippen molar-refractivity contribution in [3.63, 3.8) is 0 Å². The normalized spacial score (nSPS) is 25.9. The molecule has 0 aliphatic carbocycles. The highest BCUT2D eigenvalue weighted by molar-refractivity contribution is 5.42. The molecule has 4 rings (SSSR count). The Morgan fingerprint density at radius 3 is 2.93 bits per heavy atom. The maximum Gasteiger partial charge on any atom is 0.227 e. The van der Waals surface area contributed by atoms with Crippen LogP contribution in [0.25, 0.3) is 0 Å². The number of aromatic amines is 1. The van der Waals surface area contributed by atoms with Crippen LogP contribution in [0.3, 0.4) is 0 Å². The van der Waals surface area contributed by atoms with Crippen molar-refractivity contribution in [2.75, 3.05) is 36.5 Å². The fourth-order valence-electron chi connectivity index (χ4n) is 3.88. The Kier molecular flexibility index (Phi) is 5.72. The number of aromatic nitrogens is 5. The molecule has 28 heavy (non-hydrogen) atoms. The van der Waals surface area contributed by atoms with Gasteiger partial charge < -0.3 is 19.7 Å². The highest BCUT2D eigenvalue weighted by atomic mass is 16.5. The first-order valence-corrected chi connectivity index (χ1v) is 10.1. The predicted molar refractivity (Wildman–Crippen MR) is 105 cm³/mol. The van der Waals surface area contributed by atoms with E-state index < -0.39 is 0 Å². The van der Waals surface area contributed by atoms with Crippen LogP contribution in [0.1, 0.15) is 44.4 Å². The van der Waals surface area contributed by atoms with Crippen LogP contribution in [-0.4, -0.2) is 63.6 Å². The monoisotopic (exact) mass is 387 g/mol. The van der Waals surface area contributed by atoms with Gasteiger partial charge >= 0.3 is 0 Å². The highest BCUT2D eigenvalue weighted by Gasteiger charge is 2.30. The van der Waals surface area contributed by atoms with Gasteiger partial charge in [0, 0.05) is 19.3 Å². The maximum absolute atomic E-state index is 5.99. The predicted octanol–water partition coefficient (Wildman–Crippen LogP) is 2.10. The molecule has 2 N–H and O–H groups in total. The molecule has 0 amide bonds. The lowest BCUT2D eigenvalue weighted by atomic mass is 9.94. The van der Waals surface area contributed by atoms with Crippen LogP contribution in [0.2, 0.25) is 0 Å². The second kappa shape index (κ2) is 8.40. The van der Waals surface area contributed by atoms with Crippen molar-refractivity contribution < 1.29 is 9.47 Å². The third kappa shape index (κ3) is 4.25. The molecule has 0 radical (unpaired) electrons. The molecule has 9 nitrogen and oxygen atoms in total. The van der Waals surface area contributed by atoms with E-state index in [1.165, 1.54) is 0 Å². The maximum atomic E-state index is 5.99. The number of aryl methyl sites for hydroxylation is 1. The molecule has 2 aliphatic rings. The van der Waals surface area contributed by atoms with E-state index in [-0.39, 0.29) is 18.2 Å². The van der Waals surface area contributed by atoms with Crippen LogP contribution in [0.5, 0.6) is 0 Å². The zero-order valence-electron chi connectivity index (χ0n) is 16.8.